The Morgan fingerprint density at radius 2 is 1.89 bits per heavy atom. The first-order valence-electron chi connectivity index (χ1n) is 8.76. The predicted octanol–water partition coefficient (Wildman–Crippen LogP) is 0.524. The molecule has 0 spiro atoms. The van der Waals surface area contributed by atoms with Crippen molar-refractivity contribution in [3.8, 4) is 0 Å². The molecular formula is C19H22N4O4. The predicted molar refractivity (Wildman–Crippen MR) is 98.9 cm³/mol. The van der Waals surface area contributed by atoms with Crippen LogP contribution < -0.4 is 5.73 Å². The molecule has 27 heavy (non-hydrogen) atoms. The number of fused-ring (bicyclic) bond motifs is 1. The molecule has 5 N–H and O–H groups in total. The topological polar surface area (TPSA) is 127 Å². The number of aliphatic hydroxyl groups excluding tert-OH is 3. The van der Waals surface area contributed by atoms with Crippen LogP contribution in [-0.4, -0.2) is 54.8 Å². The fourth-order valence-corrected chi connectivity index (χ4v) is 3.56. The van der Waals surface area contributed by atoms with Crippen LogP contribution in [0.4, 0.5) is 5.82 Å². The number of nitrogens with two attached hydrogens (primary N) is 1. The lowest BCUT2D eigenvalue weighted by molar-refractivity contribution is -0.0224. The minimum absolute atomic E-state index is 0.324. The van der Waals surface area contributed by atoms with Crippen LogP contribution in [-0.2, 0) is 11.3 Å². The van der Waals surface area contributed by atoms with Gasteiger partial charge in [-0.25, -0.2) is 9.97 Å². The second-order valence-electron chi connectivity index (χ2n) is 6.91. The largest absolute Gasteiger partial charge is 0.394 e. The molecule has 8 heteroatoms. The number of nitrogens with zero attached hydrogens (tertiary/aromatic N) is 3. The van der Waals surface area contributed by atoms with Gasteiger partial charge < -0.3 is 30.4 Å². The molecule has 1 saturated heterocycles. The summed E-state index contributed by atoms with van der Waals surface area (Å²) in [4.78, 5) is 8.41. The monoisotopic (exact) mass is 370 g/mol. The molecule has 142 valence electrons. The number of hydrogen-bond acceptors (Lipinski definition) is 7. The quantitative estimate of drug-likeness (QED) is 0.527. The van der Waals surface area contributed by atoms with Crippen molar-refractivity contribution >= 4 is 16.9 Å². The van der Waals surface area contributed by atoms with Crippen LogP contribution in [0.15, 0.2) is 36.8 Å². The van der Waals surface area contributed by atoms with Gasteiger partial charge in [0.2, 0.25) is 0 Å². The molecule has 0 unspecified atom stereocenters. The van der Waals surface area contributed by atoms with Crippen LogP contribution in [0.5, 0.6) is 0 Å². The van der Waals surface area contributed by atoms with E-state index in [-0.39, 0.29) is 6.61 Å². The summed E-state index contributed by atoms with van der Waals surface area (Å²) in [6, 6.07) is 8.14. The second-order valence-corrected chi connectivity index (χ2v) is 6.91. The highest BCUT2D eigenvalue weighted by Crippen LogP contribution is 2.38. The van der Waals surface area contributed by atoms with Gasteiger partial charge in [0.05, 0.1) is 12.1 Å². The number of benzene rings is 1. The smallest absolute Gasteiger partial charge is 0.151 e. The SMILES string of the molecule is Cc1ccc(Cn2cc([C@@H]3O[C@H](CO)[C@@H](O)[C@H]3O)c3ncnc(N)c32)cc1. The van der Waals surface area contributed by atoms with E-state index in [1.807, 2.05) is 42.0 Å². The maximum Gasteiger partial charge on any atom is 0.151 e. The molecule has 1 fully saturated rings. The second kappa shape index (κ2) is 6.90. The van der Waals surface area contributed by atoms with Crippen molar-refractivity contribution in [2.75, 3.05) is 12.3 Å². The zero-order chi connectivity index (χ0) is 19.1. The average Bonchev–Trinajstić information content (AvgIpc) is 3.16. The summed E-state index contributed by atoms with van der Waals surface area (Å²) in [5.74, 6) is 0.324. The lowest BCUT2D eigenvalue weighted by atomic mass is 10.0. The number of aromatic nitrogens is 3. The normalized spacial score (nSPS) is 25.3. The van der Waals surface area contributed by atoms with Crippen molar-refractivity contribution in [2.24, 2.45) is 0 Å². The minimum atomic E-state index is -1.17. The van der Waals surface area contributed by atoms with Gasteiger partial charge in [-0.15, -0.1) is 0 Å². The number of anilines is 1. The van der Waals surface area contributed by atoms with Gasteiger partial charge in [0.25, 0.3) is 0 Å². The van der Waals surface area contributed by atoms with Gasteiger partial charge in [0.15, 0.2) is 5.82 Å². The molecule has 3 aromatic rings. The van der Waals surface area contributed by atoms with E-state index in [4.69, 9.17) is 10.5 Å². The summed E-state index contributed by atoms with van der Waals surface area (Å²) in [6.45, 7) is 2.19. The van der Waals surface area contributed by atoms with Crippen LogP contribution in [0.2, 0.25) is 0 Å². The minimum Gasteiger partial charge on any atom is -0.394 e. The van der Waals surface area contributed by atoms with Crippen molar-refractivity contribution in [1.82, 2.24) is 14.5 Å². The van der Waals surface area contributed by atoms with E-state index in [1.165, 1.54) is 11.9 Å². The van der Waals surface area contributed by atoms with E-state index in [1.54, 1.807) is 0 Å². The Balaban J connectivity index is 1.78. The highest BCUT2D eigenvalue weighted by atomic mass is 16.6. The highest BCUT2D eigenvalue weighted by molar-refractivity contribution is 5.88. The van der Waals surface area contributed by atoms with Gasteiger partial charge >= 0.3 is 0 Å². The number of aliphatic hydroxyl groups is 3. The van der Waals surface area contributed by atoms with E-state index in [9.17, 15) is 15.3 Å². The summed E-state index contributed by atoms with van der Waals surface area (Å²) >= 11 is 0. The molecule has 1 aliphatic rings. The van der Waals surface area contributed by atoms with Gasteiger partial charge in [-0.2, -0.15) is 0 Å². The first kappa shape index (κ1) is 17.9. The summed E-state index contributed by atoms with van der Waals surface area (Å²) in [5.41, 5.74) is 10.2. The maximum absolute atomic E-state index is 10.4. The van der Waals surface area contributed by atoms with E-state index in [0.717, 1.165) is 5.56 Å². The van der Waals surface area contributed by atoms with Crippen molar-refractivity contribution in [2.45, 2.75) is 37.9 Å². The zero-order valence-corrected chi connectivity index (χ0v) is 14.9. The molecule has 0 aliphatic carbocycles. The summed E-state index contributed by atoms with van der Waals surface area (Å²) in [5, 5.41) is 29.8. The number of aryl methyl sites for hydroxylation is 1. The third kappa shape index (κ3) is 3.06. The van der Waals surface area contributed by atoms with Gasteiger partial charge in [-0.1, -0.05) is 29.8 Å². The number of ether oxygens (including phenoxy) is 1. The first-order valence-corrected chi connectivity index (χ1v) is 8.76. The van der Waals surface area contributed by atoms with Gasteiger partial charge in [-0.3, -0.25) is 0 Å². The third-order valence-corrected chi connectivity index (χ3v) is 5.03. The summed E-state index contributed by atoms with van der Waals surface area (Å²) in [7, 11) is 0. The fourth-order valence-electron chi connectivity index (χ4n) is 3.56. The lowest BCUT2D eigenvalue weighted by Crippen LogP contribution is -2.32. The molecule has 4 atom stereocenters. The third-order valence-electron chi connectivity index (χ3n) is 5.03. The van der Waals surface area contributed by atoms with Gasteiger partial charge in [0.1, 0.15) is 36.3 Å². The Morgan fingerprint density at radius 1 is 1.15 bits per heavy atom. The molecule has 0 bridgehead atoms. The number of nitrogen functional groups attached to an aromatic ring is 1. The van der Waals surface area contributed by atoms with Crippen LogP contribution in [0.25, 0.3) is 11.0 Å². The standard InChI is InChI=1S/C19H22N4O4/c1-10-2-4-11(5-3-10)6-23-7-12(14-15(23)19(20)22-9-21-14)18-17(26)16(25)13(8-24)27-18/h2-5,7,9,13,16-18,24-26H,6,8H2,1H3,(H2,20,21,22)/t13-,16-,17-,18+/m1/s1. The molecule has 4 rings (SSSR count). The average molecular weight is 370 g/mol. The number of rotatable bonds is 4. The van der Waals surface area contributed by atoms with E-state index >= 15 is 0 Å². The maximum atomic E-state index is 10.4. The van der Waals surface area contributed by atoms with E-state index < -0.39 is 24.4 Å². The molecular weight excluding hydrogens is 348 g/mol. The van der Waals surface area contributed by atoms with E-state index in [2.05, 4.69) is 9.97 Å². The molecule has 0 saturated carbocycles. The highest BCUT2D eigenvalue weighted by Gasteiger charge is 2.44. The van der Waals surface area contributed by atoms with Crippen LogP contribution in [0.3, 0.4) is 0 Å². The zero-order valence-electron chi connectivity index (χ0n) is 14.9. The van der Waals surface area contributed by atoms with Gasteiger partial charge in [0, 0.05) is 18.3 Å². The molecule has 1 aromatic carbocycles. The first-order chi connectivity index (χ1) is 13.0. The van der Waals surface area contributed by atoms with Crippen molar-refractivity contribution in [1.29, 1.82) is 0 Å². The Morgan fingerprint density at radius 3 is 2.56 bits per heavy atom. The van der Waals surface area contributed by atoms with E-state index in [0.29, 0.717) is 29.0 Å². The molecule has 8 nitrogen and oxygen atoms in total. The van der Waals surface area contributed by atoms with Crippen molar-refractivity contribution in [3.05, 3.63) is 53.5 Å². The fraction of sp³-hybridized carbons (Fsp3) is 0.368. The van der Waals surface area contributed by atoms with Crippen LogP contribution in [0, 0.1) is 6.92 Å². The molecule has 2 aromatic heterocycles. The van der Waals surface area contributed by atoms with Crippen molar-refractivity contribution < 1.29 is 20.1 Å². The molecule has 0 amide bonds. The van der Waals surface area contributed by atoms with Crippen LogP contribution >= 0.6 is 0 Å². The summed E-state index contributed by atoms with van der Waals surface area (Å²) in [6.07, 6.45) is -0.825. The molecule has 0 radical (unpaired) electrons. The van der Waals surface area contributed by atoms with Crippen LogP contribution in [0.1, 0.15) is 22.8 Å². The Hall–Kier alpha value is -2.52. The Labute approximate surface area is 155 Å². The Bertz CT molecular complexity index is 956. The molecule has 1 aliphatic heterocycles. The molecule has 3 heterocycles. The Kier molecular flexibility index (Phi) is 4.56. The van der Waals surface area contributed by atoms with Crippen molar-refractivity contribution in [3.63, 3.8) is 0 Å². The number of hydrogen-bond donors (Lipinski definition) is 4. The van der Waals surface area contributed by atoms with Gasteiger partial charge in [-0.05, 0) is 12.5 Å². The summed E-state index contributed by atoms with van der Waals surface area (Å²) < 4.78 is 7.60. The lowest BCUT2D eigenvalue weighted by Gasteiger charge is -2.13.